The summed E-state index contributed by atoms with van der Waals surface area (Å²) < 4.78 is 106. The van der Waals surface area contributed by atoms with E-state index in [1.165, 1.54) is 41.7 Å². The maximum atomic E-state index is 14.4. The molecule has 2 N–H and O–H groups in total. The van der Waals surface area contributed by atoms with Crippen LogP contribution >= 0.6 is 23.2 Å². The van der Waals surface area contributed by atoms with E-state index in [4.69, 9.17) is 28.0 Å². The lowest BCUT2D eigenvalue weighted by Gasteiger charge is -2.29. The summed E-state index contributed by atoms with van der Waals surface area (Å²) >= 11 is 11.9. The first-order valence-electron chi connectivity index (χ1n) is 11.7. The van der Waals surface area contributed by atoms with Crippen molar-refractivity contribution in [2.45, 2.75) is 30.3 Å². The monoisotopic (exact) mass is 641 g/mol. The first-order valence-corrected chi connectivity index (χ1v) is 12.5. The molecule has 224 valence electrons. The molecule has 1 heterocycles. The molecule has 0 radical (unpaired) electrons. The summed E-state index contributed by atoms with van der Waals surface area (Å²) in [6, 6.07) is 11.9. The number of carbonyl (C=O) groups excluding carboxylic acids is 2. The summed E-state index contributed by atoms with van der Waals surface area (Å²) in [5.41, 5.74) is -3.28. The van der Waals surface area contributed by atoms with Crippen LogP contribution in [0, 0.1) is 0 Å². The van der Waals surface area contributed by atoms with E-state index in [1.54, 1.807) is 6.07 Å². The van der Waals surface area contributed by atoms with Crippen LogP contribution in [0.1, 0.15) is 27.9 Å². The molecule has 1 aliphatic rings. The van der Waals surface area contributed by atoms with Crippen molar-refractivity contribution in [3.63, 3.8) is 0 Å². The van der Waals surface area contributed by atoms with Gasteiger partial charge in [-0.15, -0.1) is 0 Å². The molecule has 0 saturated heterocycles. The molecule has 0 aliphatic carbocycles. The SMILES string of the molecule is O=C(CNC(=O)c1ccc(C2=NOC(c3cc(Cl)cc(Cl)c3)(C(F)(F)F)C2)c2ccccc12)NCC(F)(F)C(F)(F)F. The summed E-state index contributed by atoms with van der Waals surface area (Å²) in [5.74, 6) is -7.39. The summed E-state index contributed by atoms with van der Waals surface area (Å²) in [4.78, 5) is 29.6. The highest BCUT2D eigenvalue weighted by molar-refractivity contribution is 6.34. The maximum absolute atomic E-state index is 14.4. The van der Waals surface area contributed by atoms with E-state index in [-0.39, 0.29) is 43.2 Å². The average molecular weight is 642 g/mol. The highest BCUT2D eigenvalue weighted by Gasteiger charge is 2.62. The number of fused-ring (bicyclic) bond motifs is 1. The van der Waals surface area contributed by atoms with Crippen LogP contribution in [0.25, 0.3) is 10.8 Å². The van der Waals surface area contributed by atoms with E-state index in [0.29, 0.717) is 0 Å². The number of rotatable bonds is 7. The Morgan fingerprint density at radius 3 is 2.10 bits per heavy atom. The standard InChI is InChI=1S/C26H17Cl2F8N3O3/c27-14-7-13(8-15(28)9-14)23(25(31,32)33)10-20(39-42-23)18-5-6-19(17-4-2-1-3-16(17)18)22(41)37-11-21(40)38-12-24(29,30)26(34,35)36/h1-9H,10-12H2,(H,37,41)(H,38,40). The van der Waals surface area contributed by atoms with Crippen LogP contribution in [-0.2, 0) is 15.2 Å². The number of benzene rings is 3. The molecule has 42 heavy (non-hydrogen) atoms. The lowest BCUT2D eigenvalue weighted by Crippen LogP contribution is -2.48. The zero-order chi connectivity index (χ0) is 31.1. The molecule has 6 nitrogen and oxygen atoms in total. The Labute approximate surface area is 241 Å². The van der Waals surface area contributed by atoms with E-state index in [0.717, 1.165) is 12.1 Å². The average Bonchev–Trinajstić information content (AvgIpc) is 3.36. The Morgan fingerprint density at radius 1 is 0.881 bits per heavy atom. The van der Waals surface area contributed by atoms with Crippen molar-refractivity contribution < 1.29 is 49.5 Å². The second kappa shape index (κ2) is 11.2. The van der Waals surface area contributed by atoms with Crippen LogP contribution < -0.4 is 10.6 Å². The lowest BCUT2D eigenvalue weighted by molar-refractivity contribution is -0.278. The molecule has 3 aromatic carbocycles. The summed E-state index contributed by atoms with van der Waals surface area (Å²) in [7, 11) is 0. The molecule has 1 atom stereocenters. The van der Waals surface area contributed by atoms with Gasteiger partial charge in [-0.2, -0.15) is 35.1 Å². The molecule has 1 aliphatic heterocycles. The van der Waals surface area contributed by atoms with Crippen LogP contribution in [0.3, 0.4) is 0 Å². The maximum Gasteiger partial charge on any atom is 0.455 e. The Balaban J connectivity index is 1.57. The van der Waals surface area contributed by atoms with E-state index in [9.17, 15) is 44.7 Å². The number of halogens is 10. The van der Waals surface area contributed by atoms with Crippen LogP contribution in [0.5, 0.6) is 0 Å². The van der Waals surface area contributed by atoms with Crippen molar-refractivity contribution in [3.05, 3.63) is 81.3 Å². The molecule has 1 unspecified atom stereocenters. The molecular weight excluding hydrogens is 625 g/mol. The lowest BCUT2D eigenvalue weighted by atomic mass is 9.85. The largest absolute Gasteiger partial charge is 0.455 e. The molecule has 0 bridgehead atoms. The number of alkyl halides is 8. The van der Waals surface area contributed by atoms with Gasteiger partial charge in [0.05, 0.1) is 18.8 Å². The summed E-state index contributed by atoms with van der Waals surface area (Å²) in [5, 5.41) is 7.62. The van der Waals surface area contributed by atoms with E-state index in [2.05, 4.69) is 10.5 Å². The first kappa shape index (κ1) is 31.3. The van der Waals surface area contributed by atoms with Gasteiger partial charge in [-0.05, 0) is 35.0 Å². The molecule has 0 aromatic heterocycles. The van der Waals surface area contributed by atoms with Crippen LogP contribution in [0.4, 0.5) is 35.1 Å². The van der Waals surface area contributed by atoms with Gasteiger partial charge in [0.2, 0.25) is 5.91 Å². The van der Waals surface area contributed by atoms with Gasteiger partial charge in [0.1, 0.15) is 0 Å². The van der Waals surface area contributed by atoms with Gasteiger partial charge < -0.3 is 15.5 Å². The highest BCUT2D eigenvalue weighted by Crippen LogP contribution is 2.50. The number of oxime groups is 1. The van der Waals surface area contributed by atoms with E-state index in [1.807, 2.05) is 0 Å². The van der Waals surface area contributed by atoms with Gasteiger partial charge in [-0.3, -0.25) is 9.59 Å². The molecule has 16 heteroatoms. The zero-order valence-electron chi connectivity index (χ0n) is 20.8. The van der Waals surface area contributed by atoms with Gasteiger partial charge in [0.15, 0.2) is 0 Å². The van der Waals surface area contributed by atoms with Crippen molar-refractivity contribution in [3.8, 4) is 0 Å². The van der Waals surface area contributed by atoms with Gasteiger partial charge >= 0.3 is 18.3 Å². The number of nitrogens with one attached hydrogen (secondary N) is 2. The predicted octanol–water partition coefficient (Wildman–Crippen LogP) is 6.77. The van der Waals surface area contributed by atoms with Crippen molar-refractivity contribution >= 4 is 51.5 Å². The van der Waals surface area contributed by atoms with Crippen molar-refractivity contribution in [2.24, 2.45) is 5.16 Å². The number of nitrogens with zero attached hydrogens (tertiary/aromatic N) is 1. The normalized spacial score (nSPS) is 17.5. The van der Waals surface area contributed by atoms with E-state index < -0.39 is 55.2 Å². The molecule has 0 fully saturated rings. The Morgan fingerprint density at radius 2 is 1.50 bits per heavy atom. The van der Waals surface area contributed by atoms with Crippen molar-refractivity contribution in [1.29, 1.82) is 0 Å². The number of carbonyl (C=O) groups is 2. The number of hydrogen-bond acceptors (Lipinski definition) is 4. The second-order valence-corrected chi connectivity index (χ2v) is 10.0. The Bertz CT molecular complexity index is 1560. The minimum atomic E-state index is -5.88. The van der Waals surface area contributed by atoms with Crippen LogP contribution in [0.15, 0.2) is 59.8 Å². The third-order valence-electron chi connectivity index (χ3n) is 6.33. The predicted molar refractivity (Wildman–Crippen MR) is 137 cm³/mol. The molecular formula is C26H17Cl2F8N3O3. The van der Waals surface area contributed by atoms with Gasteiger partial charge in [-0.25, -0.2) is 0 Å². The summed E-state index contributed by atoms with van der Waals surface area (Å²) in [6.07, 6.45) is -11.6. The third-order valence-corrected chi connectivity index (χ3v) is 6.76. The molecule has 3 aromatic rings. The molecule has 0 saturated carbocycles. The van der Waals surface area contributed by atoms with Crippen LogP contribution in [0.2, 0.25) is 10.0 Å². The zero-order valence-corrected chi connectivity index (χ0v) is 22.3. The van der Waals surface area contributed by atoms with Gasteiger partial charge in [-0.1, -0.05) is 58.7 Å². The number of amides is 2. The fourth-order valence-corrected chi connectivity index (χ4v) is 4.74. The van der Waals surface area contributed by atoms with Crippen LogP contribution in [-0.4, -0.2) is 48.9 Å². The number of hydrogen-bond donors (Lipinski definition) is 2. The Hall–Kier alpha value is -3.65. The van der Waals surface area contributed by atoms with Gasteiger partial charge in [0.25, 0.3) is 11.5 Å². The smallest absolute Gasteiger partial charge is 0.374 e. The minimum Gasteiger partial charge on any atom is -0.374 e. The summed E-state index contributed by atoms with van der Waals surface area (Å²) in [6.45, 7) is -2.95. The molecule has 0 spiro atoms. The minimum absolute atomic E-state index is 0.0539. The second-order valence-electron chi connectivity index (χ2n) is 9.16. The Kier molecular flexibility index (Phi) is 8.35. The van der Waals surface area contributed by atoms with Crippen molar-refractivity contribution in [2.75, 3.05) is 13.1 Å². The topological polar surface area (TPSA) is 79.8 Å². The van der Waals surface area contributed by atoms with Gasteiger partial charge in [0, 0.05) is 33.2 Å². The highest BCUT2D eigenvalue weighted by atomic mass is 35.5. The quantitative estimate of drug-likeness (QED) is 0.280. The van der Waals surface area contributed by atoms with E-state index >= 15 is 0 Å². The third kappa shape index (κ3) is 6.09. The fraction of sp³-hybridized carbons (Fsp3) is 0.269. The van der Waals surface area contributed by atoms with Crippen molar-refractivity contribution in [1.82, 2.24) is 10.6 Å². The molecule has 2 amide bonds. The molecule has 4 rings (SSSR count). The first-order chi connectivity index (χ1) is 19.4. The fourth-order valence-electron chi connectivity index (χ4n) is 4.21.